The van der Waals surface area contributed by atoms with E-state index in [0.717, 1.165) is 11.4 Å². The van der Waals surface area contributed by atoms with E-state index in [9.17, 15) is 9.59 Å². The summed E-state index contributed by atoms with van der Waals surface area (Å²) in [6.45, 7) is 8.40. The summed E-state index contributed by atoms with van der Waals surface area (Å²) >= 11 is 0. The molecule has 2 N–H and O–H groups in total. The molecule has 0 atom stereocenters. The molecular formula is C18H24N4O2. The largest absolute Gasteiger partial charge is 0.351 e. The Labute approximate surface area is 142 Å². The third-order valence-electron chi connectivity index (χ3n) is 3.83. The fourth-order valence-electron chi connectivity index (χ4n) is 2.85. The number of nitrogens with zero attached hydrogens (tertiary/aromatic N) is 2. The molecule has 0 unspecified atom stereocenters. The Morgan fingerprint density at radius 2 is 2.04 bits per heavy atom. The van der Waals surface area contributed by atoms with E-state index in [1.165, 1.54) is 0 Å². The first-order valence-electron chi connectivity index (χ1n) is 8.06. The van der Waals surface area contributed by atoms with Gasteiger partial charge in [0.15, 0.2) is 0 Å². The lowest BCUT2D eigenvalue weighted by molar-refractivity contribution is -0.116. The number of anilines is 1. The molecule has 0 spiro atoms. The SMILES string of the molecule is Cc1cc(C(=O)NCCC(=O)Nc2cccnc2)c(C)n1C(C)C. The monoisotopic (exact) mass is 328 g/mol. The molecule has 6 nitrogen and oxygen atoms in total. The van der Waals surface area contributed by atoms with Crippen LogP contribution in [-0.2, 0) is 4.79 Å². The smallest absolute Gasteiger partial charge is 0.253 e. The van der Waals surface area contributed by atoms with Crippen LogP contribution in [0.4, 0.5) is 5.69 Å². The van der Waals surface area contributed by atoms with E-state index >= 15 is 0 Å². The van der Waals surface area contributed by atoms with Gasteiger partial charge in [-0.15, -0.1) is 0 Å². The Kier molecular flexibility index (Phi) is 5.73. The predicted octanol–water partition coefficient (Wildman–Crippen LogP) is 2.84. The number of aryl methyl sites for hydroxylation is 1. The van der Waals surface area contributed by atoms with Crippen LogP contribution >= 0.6 is 0 Å². The highest BCUT2D eigenvalue weighted by Gasteiger charge is 2.17. The number of hydrogen-bond acceptors (Lipinski definition) is 3. The molecule has 0 saturated heterocycles. The molecule has 2 rings (SSSR count). The Morgan fingerprint density at radius 3 is 2.62 bits per heavy atom. The Bertz CT molecular complexity index is 720. The normalized spacial score (nSPS) is 10.7. The van der Waals surface area contributed by atoms with Gasteiger partial charge in [-0.3, -0.25) is 14.6 Å². The van der Waals surface area contributed by atoms with Crippen LogP contribution in [0.5, 0.6) is 0 Å². The number of pyridine rings is 1. The predicted molar refractivity (Wildman–Crippen MR) is 94.1 cm³/mol. The van der Waals surface area contributed by atoms with Gasteiger partial charge in [0.25, 0.3) is 5.91 Å². The summed E-state index contributed by atoms with van der Waals surface area (Å²) in [6, 6.07) is 5.71. The minimum absolute atomic E-state index is 0.149. The van der Waals surface area contributed by atoms with Crippen LogP contribution in [0.25, 0.3) is 0 Å². The summed E-state index contributed by atoms with van der Waals surface area (Å²) in [6.07, 6.45) is 3.43. The standard InChI is InChI=1S/C18H24N4O2/c1-12(2)22-13(3)10-16(14(22)4)18(24)20-9-7-17(23)21-15-6-5-8-19-11-15/h5-6,8,10-12H,7,9H2,1-4H3,(H,20,24)(H,21,23). The maximum Gasteiger partial charge on any atom is 0.253 e. The van der Waals surface area contributed by atoms with Gasteiger partial charge < -0.3 is 15.2 Å². The molecule has 2 aromatic heterocycles. The van der Waals surface area contributed by atoms with Crippen LogP contribution in [0, 0.1) is 13.8 Å². The van der Waals surface area contributed by atoms with Crippen LogP contribution < -0.4 is 10.6 Å². The van der Waals surface area contributed by atoms with Gasteiger partial charge in [-0.05, 0) is 45.9 Å². The molecule has 0 aromatic carbocycles. The maximum atomic E-state index is 12.3. The lowest BCUT2D eigenvalue weighted by Crippen LogP contribution is -2.28. The molecule has 0 bridgehead atoms. The van der Waals surface area contributed by atoms with Crippen molar-refractivity contribution in [2.75, 3.05) is 11.9 Å². The zero-order valence-corrected chi connectivity index (χ0v) is 14.6. The molecule has 0 saturated carbocycles. The van der Waals surface area contributed by atoms with E-state index in [4.69, 9.17) is 0 Å². The Morgan fingerprint density at radius 1 is 1.29 bits per heavy atom. The zero-order valence-electron chi connectivity index (χ0n) is 14.6. The molecule has 6 heteroatoms. The van der Waals surface area contributed by atoms with Crippen LogP contribution in [-0.4, -0.2) is 27.9 Å². The molecule has 2 aromatic rings. The molecule has 128 valence electrons. The Balaban J connectivity index is 1.88. The van der Waals surface area contributed by atoms with Crippen molar-refractivity contribution < 1.29 is 9.59 Å². The Hall–Kier alpha value is -2.63. The van der Waals surface area contributed by atoms with Crippen molar-refractivity contribution in [3.63, 3.8) is 0 Å². The third-order valence-corrected chi connectivity index (χ3v) is 3.83. The highest BCUT2D eigenvalue weighted by atomic mass is 16.2. The number of amides is 2. The van der Waals surface area contributed by atoms with Gasteiger partial charge >= 0.3 is 0 Å². The first-order chi connectivity index (χ1) is 11.4. The molecule has 0 aliphatic carbocycles. The maximum absolute atomic E-state index is 12.3. The lowest BCUT2D eigenvalue weighted by atomic mass is 10.2. The number of nitrogens with one attached hydrogen (secondary N) is 2. The van der Waals surface area contributed by atoms with Crippen LogP contribution in [0.1, 0.15) is 48.1 Å². The number of carbonyl (C=O) groups is 2. The van der Waals surface area contributed by atoms with E-state index in [1.54, 1.807) is 24.5 Å². The summed E-state index contributed by atoms with van der Waals surface area (Å²) in [4.78, 5) is 28.1. The molecule has 0 radical (unpaired) electrons. The first-order valence-corrected chi connectivity index (χ1v) is 8.06. The summed E-state index contributed by atoms with van der Waals surface area (Å²) in [5, 5.41) is 5.55. The van der Waals surface area contributed by atoms with Crippen LogP contribution in [0.3, 0.4) is 0 Å². The van der Waals surface area contributed by atoms with Crippen molar-refractivity contribution in [3.05, 3.63) is 47.5 Å². The number of carbonyl (C=O) groups excluding carboxylic acids is 2. The second kappa shape index (κ2) is 7.77. The zero-order chi connectivity index (χ0) is 17.7. The molecule has 2 amide bonds. The van der Waals surface area contributed by atoms with Gasteiger partial charge in [0.1, 0.15) is 0 Å². The summed E-state index contributed by atoms with van der Waals surface area (Å²) in [5.74, 6) is -0.305. The molecule has 2 heterocycles. The summed E-state index contributed by atoms with van der Waals surface area (Å²) in [7, 11) is 0. The highest BCUT2D eigenvalue weighted by Crippen LogP contribution is 2.19. The summed E-state index contributed by atoms with van der Waals surface area (Å²) < 4.78 is 2.13. The molecule has 0 aliphatic rings. The first kappa shape index (κ1) is 17.7. The molecular weight excluding hydrogens is 304 g/mol. The fraction of sp³-hybridized carbons (Fsp3) is 0.389. The van der Waals surface area contributed by atoms with Gasteiger partial charge in [0.2, 0.25) is 5.91 Å². The average molecular weight is 328 g/mol. The minimum atomic E-state index is -0.157. The van der Waals surface area contributed by atoms with Gasteiger partial charge in [0.05, 0.1) is 17.4 Å². The van der Waals surface area contributed by atoms with Crippen molar-refractivity contribution in [1.82, 2.24) is 14.9 Å². The molecule has 0 fully saturated rings. The van der Waals surface area contributed by atoms with E-state index in [0.29, 0.717) is 17.3 Å². The topological polar surface area (TPSA) is 76.0 Å². The van der Waals surface area contributed by atoms with Gasteiger partial charge in [0, 0.05) is 36.6 Å². The lowest BCUT2D eigenvalue weighted by Gasteiger charge is -2.13. The van der Waals surface area contributed by atoms with Crippen molar-refractivity contribution >= 4 is 17.5 Å². The van der Waals surface area contributed by atoms with E-state index < -0.39 is 0 Å². The van der Waals surface area contributed by atoms with Crippen molar-refractivity contribution in [2.45, 2.75) is 40.2 Å². The quantitative estimate of drug-likeness (QED) is 0.856. The van der Waals surface area contributed by atoms with Gasteiger partial charge in [-0.1, -0.05) is 0 Å². The van der Waals surface area contributed by atoms with E-state index in [1.807, 2.05) is 19.9 Å². The fourth-order valence-corrected chi connectivity index (χ4v) is 2.85. The van der Waals surface area contributed by atoms with Crippen LogP contribution in [0.15, 0.2) is 30.6 Å². The average Bonchev–Trinajstić information content (AvgIpc) is 2.83. The number of rotatable bonds is 6. The van der Waals surface area contributed by atoms with Crippen molar-refractivity contribution in [2.24, 2.45) is 0 Å². The molecule has 24 heavy (non-hydrogen) atoms. The van der Waals surface area contributed by atoms with Crippen molar-refractivity contribution in [3.8, 4) is 0 Å². The van der Waals surface area contributed by atoms with E-state index in [2.05, 4.69) is 34.0 Å². The second-order valence-corrected chi connectivity index (χ2v) is 6.04. The van der Waals surface area contributed by atoms with Gasteiger partial charge in [-0.25, -0.2) is 0 Å². The second-order valence-electron chi connectivity index (χ2n) is 6.04. The summed E-state index contributed by atoms with van der Waals surface area (Å²) in [5.41, 5.74) is 3.31. The van der Waals surface area contributed by atoms with E-state index in [-0.39, 0.29) is 24.8 Å². The number of aromatic nitrogens is 2. The highest BCUT2D eigenvalue weighted by molar-refractivity contribution is 5.96. The van der Waals surface area contributed by atoms with Gasteiger partial charge in [-0.2, -0.15) is 0 Å². The molecule has 0 aliphatic heterocycles. The van der Waals surface area contributed by atoms with Crippen LogP contribution in [0.2, 0.25) is 0 Å². The minimum Gasteiger partial charge on any atom is -0.351 e. The third kappa shape index (κ3) is 4.22. The number of hydrogen-bond donors (Lipinski definition) is 2. The van der Waals surface area contributed by atoms with Crippen molar-refractivity contribution in [1.29, 1.82) is 0 Å².